The Kier molecular flexibility index (Phi) is 7.00. The fourth-order valence-corrected chi connectivity index (χ4v) is 3.71. The van der Waals surface area contributed by atoms with E-state index in [2.05, 4.69) is 15.4 Å². The van der Waals surface area contributed by atoms with E-state index in [-0.39, 0.29) is 12.3 Å². The van der Waals surface area contributed by atoms with Crippen LogP contribution in [0.3, 0.4) is 0 Å². The number of imidazole rings is 1. The van der Waals surface area contributed by atoms with Crippen molar-refractivity contribution in [2.24, 2.45) is 11.5 Å². The van der Waals surface area contributed by atoms with Gasteiger partial charge in [0, 0.05) is 29.8 Å². The molecule has 1 atom stereocenters. The molecule has 0 aliphatic rings. The predicted molar refractivity (Wildman–Crippen MR) is 136 cm³/mol. The van der Waals surface area contributed by atoms with Gasteiger partial charge in [-0.3, -0.25) is 4.57 Å². The molecule has 0 spiro atoms. The Morgan fingerprint density at radius 1 is 1.25 bits per heavy atom. The van der Waals surface area contributed by atoms with Crippen molar-refractivity contribution in [2.45, 2.75) is 20.0 Å². The topological polar surface area (TPSA) is 166 Å². The van der Waals surface area contributed by atoms with Crippen LogP contribution in [-0.2, 0) is 4.74 Å². The van der Waals surface area contributed by atoms with Gasteiger partial charge in [-0.1, -0.05) is 0 Å². The summed E-state index contributed by atoms with van der Waals surface area (Å²) in [4.78, 5) is 9.31. The zero-order valence-corrected chi connectivity index (χ0v) is 20.2. The number of anilines is 1. The van der Waals surface area contributed by atoms with Gasteiger partial charge in [-0.15, -0.1) is 0 Å². The van der Waals surface area contributed by atoms with E-state index in [1.54, 1.807) is 48.3 Å². The second-order valence-corrected chi connectivity index (χ2v) is 8.22. The minimum atomic E-state index is -0.926. The molecule has 0 aliphatic heterocycles. The molecule has 0 aliphatic carbocycles. The highest BCUT2D eigenvalue weighted by Gasteiger charge is 2.20. The number of allylic oxidation sites excluding steroid dienone is 3. The van der Waals surface area contributed by atoms with Crippen LogP contribution in [0.2, 0.25) is 0 Å². The first-order chi connectivity index (χ1) is 17.3. The lowest BCUT2D eigenvalue weighted by molar-refractivity contribution is 0.0640. The van der Waals surface area contributed by atoms with E-state index in [9.17, 15) is 10.4 Å². The largest absolute Gasteiger partial charge is 0.402 e. The second kappa shape index (κ2) is 10.3. The maximum atomic E-state index is 10.7. The number of nitrogens with one attached hydrogen (secondary N) is 1. The maximum absolute atomic E-state index is 10.7. The van der Waals surface area contributed by atoms with Crippen molar-refractivity contribution in [3.05, 3.63) is 83.3 Å². The molecule has 3 heterocycles. The summed E-state index contributed by atoms with van der Waals surface area (Å²) in [7, 11) is 1.51. The summed E-state index contributed by atoms with van der Waals surface area (Å²) in [6, 6.07) is 12.9. The first-order valence-electron chi connectivity index (χ1n) is 11.1. The van der Waals surface area contributed by atoms with Crippen LogP contribution in [0.5, 0.6) is 0 Å². The lowest BCUT2D eigenvalue weighted by Gasteiger charge is -2.16. The van der Waals surface area contributed by atoms with Gasteiger partial charge in [0.25, 0.3) is 0 Å². The molecular formula is C25H27N9O2. The SMILES string of the molecule is COCC(O)c1ccc(-n2cnc3cc(N/C(N)=C/C=C(/C)N)ccc32)nc1-n1nc(C#N)cc1C. The Bertz CT molecular complexity index is 1500. The minimum Gasteiger partial charge on any atom is -0.402 e. The van der Waals surface area contributed by atoms with E-state index in [4.69, 9.17) is 21.2 Å². The quantitative estimate of drug-likeness (QED) is 0.274. The third-order valence-electron chi connectivity index (χ3n) is 5.39. The van der Waals surface area contributed by atoms with Crippen LogP contribution in [0.4, 0.5) is 5.69 Å². The molecule has 11 nitrogen and oxygen atoms in total. The number of aryl methyl sites for hydroxylation is 1. The van der Waals surface area contributed by atoms with Crippen molar-refractivity contribution in [1.82, 2.24) is 24.3 Å². The fraction of sp³-hybridized carbons (Fsp3) is 0.200. The Labute approximate surface area is 207 Å². The first kappa shape index (κ1) is 24.5. The number of nitrogens with zero attached hydrogens (tertiary/aromatic N) is 6. The van der Waals surface area contributed by atoms with E-state index in [1.165, 1.54) is 7.11 Å². The Hall–Kier alpha value is -4.66. The van der Waals surface area contributed by atoms with Crippen LogP contribution in [0.15, 0.2) is 66.4 Å². The Morgan fingerprint density at radius 2 is 2.06 bits per heavy atom. The third-order valence-corrected chi connectivity index (χ3v) is 5.39. The number of rotatable bonds is 8. The summed E-state index contributed by atoms with van der Waals surface area (Å²) >= 11 is 0. The maximum Gasteiger partial charge on any atom is 0.163 e. The summed E-state index contributed by atoms with van der Waals surface area (Å²) in [5, 5.41) is 27.4. The van der Waals surface area contributed by atoms with Crippen LogP contribution >= 0.6 is 0 Å². The van der Waals surface area contributed by atoms with Crippen LogP contribution in [0.25, 0.3) is 22.7 Å². The zero-order valence-electron chi connectivity index (χ0n) is 20.2. The van der Waals surface area contributed by atoms with Crippen molar-refractivity contribution in [2.75, 3.05) is 19.0 Å². The van der Waals surface area contributed by atoms with Crippen molar-refractivity contribution >= 4 is 16.7 Å². The molecular weight excluding hydrogens is 458 g/mol. The molecule has 3 aromatic heterocycles. The number of hydrogen-bond donors (Lipinski definition) is 4. The van der Waals surface area contributed by atoms with Gasteiger partial charge in [-0.2, -0.15) is 10.4 Å². The highest BCUT2D eigenvalue weighted by Crippen LogP contribution is 2.26. The fourth-order valence-electron chi connectivity index (χ4n) is 3.71. The minimum absolute atomic E-state index is 0.0848. The smallest absolute Gasteiger partial charge is 0.163 e. The molecule has 0 saturated carbocycles. The number of pyridine rings is 1. The summed E-state index contributed by atoms with van der Waals surface area (Å²) in [6.45, 7) is 3.69. The van der Waals surface area contributed by atoms with Gasteiger partial charge in [0.2, 0.25) is 0 Å². The predicted octanol–water partition coefficient (Wildman–Crippen LogP) is 2.54. The van der Waals surface area contributed by atoms with Gasteiger partial charge in [0.15, 0.2) is 11.5 Å². The average molecular weight is 486 g/mol. The van der Waals surface area contributed by atoms with Gasteiger partial charge < -0.3 is 26.6 Å². The number of nitriles is 1. The molecule has 1 unspecified atom stereocenters. The normalized spacial score (nSPS) is 13.1. The monoisotopic (exact) mass is 485 g/mol. The van der Waals surface area contributed by atoms with Gasteiger partial charge in [-0.25, -0.2) is 14.6 Å². The summed E-state index contributed by atoms with van der Waals surface area (Å²) < 4.78 is 8.51. The number of aliphatic hydroxyl groups excluding tert-OH is 1. The molecule has 11 heteroatoms. The molecule has 1 aromatic carbocycles. The number of nitrogens with two attached hydrogens (primary N) is 2. The molecule has 4 rings (SSSR count). The van der Waals surface area contributed by atoms with Crippen molar-refractivity contribution in [1.29, 1.82) is 5.26 Å². The van der Waals surface area contributed by atoms with Crippen LogP contribution in [0.1, 0.15) is 30.0 Å². The number of aromatic nitrogens is 5. The van der Waals surface area contributed by atoms with Crippen LogP contribution < -0.4 is 16.8 Å². The number of aliphatic hydroxyl groups is 1. The standard InChI is InChI=1S/C25H27N9O2/c1-15(27)4-8-23(28)30-17-5-7-21-20(11-17)29-14-33(21)24-9-6-19(22(35)13-36-3)25(31-24)34-16(2)10-18(12-26)32-34/h4-11,14,22,30,35H,13,27-28H2,1-3H3/b15-4-,23-8+. The number of hydrogen-bond acceptors (Lipinski definition) is 9. The zero-order chi connectivity index (χ0) is 25.8. The third kappa shape index (κ3) is 5.05. The van der Waals surface area contributed by atoms with Crippen molar-refractivity contribution in [3.63, 3.8) is 0 Å². The number of benzene rings is 1. The molecule has 36 heavy (non-hydrogen) atoms. The van der Waals surface area contributed by atoms with Crippen molar-refractivity contribution in [3.8, 4) is 17.7 Å². The molecule has 6 N–H and O–H groups in total. The number of methoxy groups -OCH3 is 1. The van der Waals surface area contributed by atoms with Crippen molar-refractivity contribution < 1.29 is 9.84 Å². The molecule has 184 valence electrons. The summed E-state index contributed by atoms with van der Waals surface area (Å²) in [5.74, 6) is 1.41. The van der Waals surface area contributed by atoms with E-state index < -0.39 is 6.10 Å². The summed E-state index contributed by atoms with van der Waals surface area (Å²) in [5.41, 5.74) is 16.1. The second-order valence-electron chi connectivity index (χ2n) is 8.22. The molecule has 0 amide bonds. The molecule has 0 bridgehead atoms. The van der Waals surface area contributed by atoms with E-state index in [1.807, 2.05) is 35.8 Å². The highest BCUT2D eigenvalue weighted by atomic mass is 16.5. The van der Waals surface area contributed by atoms with E-state index >= 15 is 0 Å². The van der Waals surface area contributed by atoms with Crippen LogP contribution in [-0.4, -0.2) is 43.1 Å². The van der Waals surface area contributed by atoms with E-state index in [0.29, 0.717) is 34.4 Å². The molecule has 0 fully saturated rings. The Balaban J connectivity index is 1.75. The van der Waals surface area contributed by atoms with Crippen LogP contribution in [0, 0.1) is 18.3 Å². The van der Waals surface area contributed by atoms with Gasteiger partial charge in [0.1, 0.15) is 30.1 Å². The Morgan fingerprint density at radius 3 is 2.75 bits per heavy atom. The highest BCUT2D eigenvalue weighted by molar-refractivity contribution is 5.81. The molecule has 0 saturated heterocycles. The number of fused-ring (bicyclic) bond motifs is 1. The molecule has 4 aromatic rings. The molecule has 0 radical (unpaired) electrons. The average Bonchev–Trinajstić information content (AvgIpc) is 3.45. The van der Waals surface area contributed by atoms with Gasteiger partial charge in [-0.05, 0) is 62.4 Å². The van der Waals surface area contributed by atoms with E-state index in [0.717, 1.165) is 16.7 Å². The van der Waals surface area contributed by atoms with Gasteiger partial charge in [0.05, 0.1) is 17.6 Å². The first-order valence-corrected chi connectivity index (χ1v) is 11.1. The lowest BCUT2D eigenvalue weighted by Crippen LogP contribution is -2.14. The van der Waals surface area contributed by atoms with Gasteiger partial charge >= 0.3 is 0 Å². The number of ether oxygens (including phenoxy) is 1. The lowest BCUT2D eigenvalue weighted by atomic mass is 10.1. The summed E-state index contributed by atoms with van der Waals surface area (Å²) in [6.07, 6.45) is 4.15.